The Morgan fingerprint density at radius 3 is 2.25 bits per heavy atom. The molecule has 28 heavy (non-hydrogen) atoms. The highest BCUT2D eigenvalue weighted by molar-refractivity contribution is 5.84. The highest BCUT2D eigenvalue weighted by Gasteiger charge is 2.25. The van der Waals surface area contributed by atoms with Crippen LogP contribution in [0.2, 0.25) is 0 Å². The van der Waals surface area contributed by atoms with E-state index in [1.165, 1.54) is 12.8 Å². The highest BCUT2D eigenvalue weighted by Crippen LogP contribution is 2.40. The topological polar surface area (TPSA) is 92.5 Å². The molecule has 138 valence electrons. The normalized spacial score (nSPS) is 13.4. The van der Waals surface area contributed by atoms with Crippen molar-refractivity contribution in [3.05, 3.63) is 72.4 Å². The predicted molar refractivity (Wildman–Crippen MR) is 111 cm³/mol. The molecule has 1 fully saturated rings. The number of nitrogens with one attached hydrogen (secondary N) is 2. The maximum absolute atomic E-state index is 6.46. The molecule has 2 heterocycles. The van der Waals surface area contributed by atoms with Crippen LogP contribution in [0.3, 0.4) is 0 Å². The van der Waals surface area contributed by atoms with Crippen molar-refractivity contribution in [2.24, 2.45) is 0 Å². The van der Waals surface area contributed by atoms with Crippen LogP contribution in [0.4, 0.5) is 17.3 Å². The summed E-state index contributed by atoms with van der Waals surface area (Å²) in [7, 11) is 0. The van der Waals surface area contributed by atoms with Gasteiger partial charge in [0.2, 0.25) is 0 Å². The molecule has 5 rings (SSSR count). The van der Waals surface area contributed by atoms with Gasteiger partial charge in [-0.15, -0.1) is 0 Å². The number of nitrogens with zero attached hydrogens (tertiary/aromatic N) is 3. The van der Waals surface area contributed by atoms with Crippen LogP contribution in [0.1, 0.15) is 24.5 Å². The fraction of sp³-hybridized carbons (Fsp3) is 0.136. The van der Waals surface area contributed by atoms with Crippen LogP contribution >= 0.6 is 0 Å². The van der Waals surface area contributed by atoms with Crippen LogP contribution in [0.15, 0.2) is 66.7 Å². The van der Waals surface area contributed by atoms with Gasteiger partial charge in [0.05, 0.1) is 5.69 Å². The number of rotatable bonds is 5. The average Bonchev–Trinajstić information content (AvgIpc) is 3.50. The van der Waals surface area contributed by atoms with Crippen LogP contribution in [0.5, 0.6) is 0 Å². The van der Waals surface area contributed by atoms with Crippen molar-refractivity contribution in [1.29, 1.82) is 0 Å². The first kappa shape index (κ1) is 16.5. The molecular weight excluding hydrogens is 348 g/mol. The Morgan fingerprint density at radius 2 is 1.57 bits per heavy atom. The van der Waals surface area contributed by atoms with Gasteiger partial charge in [-0.1, -0.05) is 60.7 Å². The number of aromatic nitrogens is 4. The number of nitrogens with two attached hydrogens (primary N) is 1. The maximum Gasteiger partial charge on any atom is 0.162 e. The van der Waals surface area contributed by atoms with Crippen molar-refractivity contribution >= 4 is 17.3 Å². The van der Waals surface area contributed by atoms with Crippen LogP contribution in [-0.4, -0.2) is 20.2 Å². The van der Waals surface area contributed by atoms with E-state index in [-0.39, 0.29) is 0 Å². The Labute approximate surface area is 162 Å². The molecule has 0 amide bonds. The molecule has 6 heteroatoms. The second kappa shape index (κ2) is 6.81. The zero-order chi connectivity index (χ0) is 18.9. The highest BCUT2D eigenvalue weighted by atomic mass is 15.2. The van der Waals surface area contributed by atoms with Gasteiger partial charge in [-0.25, -0.2) is 9.97 Å². The molecule has 4 aromatic rings. The molecule has 1 aliphatic carbocycles. The average molecular weight is 368 g/mol. The Hall–Kier alpha value is -3.67. The van der Waals surface area contributed by atoms with Gasteiger partial charge in [-0.3, -0.25) is 5.10 Å². The van der Waals surface area contributed by atoms with E-state index in [1.807, 2.05) is 66.7 Å². The summed E-state index contributed by atoms with van der Waals surface area (Å²) in [6, 6.07) is 21.8. The zero-order valence-corrected chi connectivity index (χ0v) is 15.3. The third kappa shape index (κ3) is 3.20. The van der Waals surface area contributed by atoms with Gasteiger partial charge in [0.15, 0.2) is 17.5 Å². The van der Waals surface area contributed by atoms with E-state index in [4.69, 9.17) is 15.7 Å². The smallest absolute Gasteiger partial charge is 0.162 e. The van der Waals surface area contributed by atoms with E-state index in [9.17, 15) is 0 Å². The molecule has 1 aliphatic rings. The summed E-state index contributed by atoms with van der Waals surface area (Å²) in [6.07, 6.45) is 2.43. The number of aromatic amines is 1. The van der Waals surface area contributed by atoms with Crippen molar-refractivity contribution in [3.63, 3.8) is 0 Å². The molecule has 6 nitrogen and oxygen atoms in total. The largest absolute Gasteiger partial charge is 0.394 e. The standard InChI is InChI=1S/C22H20N6/c23-19-20(15-7-3-1-4-8-15)25-21(16-9-5-2-6-10-16)26-22(19)24-18-13-17(27-28-18)14-11-12-14/h1-10,13-14H,11-12,23H2,(H2,24,25,26,27,28). The van der Waals surface area contributed by atoms with Gasteiger partial charge >= 0.3 is 0 Å². The summed E-state index contributed by atoms with van der Waals surface area (Å²) in [5, 5.41) is 10.7. The van der Waals surface area contributed by atoms with Gasteiger partial charge in [0.25, 0.3) is 0 Å². The molecule has 2 aromatic carbocycles. The molecule has 0 bridgehead atoms. The third-order valence-corrected chi connectivity index (χ3v) is 4.89. The summed E-state index contributed by atoms with van der Waals surface area (Å²) in [6.45, 7) is 0. The minimum absolute atomic E-state index is 0.502. The van der Waals surface area contributed by atoms with Crippen molar-refractivity contribution in [3.8, 4) is 22.6 Å². The molecule has 0 atom stereocenters. The quantitative estimate of drug-likeness (QED) is 0.473. The first-order chi connectivity index (χ1) is 13.8. The molecule has 4 N–H and O–H groups in total. The van der Waals surface area contributed by atoms with Gasteiger partial charge in [0, 0.05) is 28.8 Å². The minimum atomic E-state index is 0.502. The molecule has 1 saturated carbocycles. The van der Waals surface area contributed by atoms with E-state index in [2.05, 4.69) is 15.5 Å². The lowest BCUT2D eigenvalue weighted by Gasteiger charge is -2.13. The minimum Gasteiger partial charge on any atom is -0.394 e. The summed E-state index contributed by atoms with van der Waals surface area (Å²) < 4.78 is 0. The van der Waals surface area contributed by atoms with E-state index >= 15 is 0 Å². The molecule has 2 aromatic heterocycles. The predicted octanol–water partition coefficient (Wildman–Crippen LogP) is 4.74. The number of hydrogen-bond acceptors (Lipinski definition) is 5. The van der Waals surface area contributed by atoms with Crippen molar-refractivity contribution in [1.82, 2.24) is 20.2 Å². The molecule has 0 radical (unpaired) electrons. The molecule has 0 spiro atoms. The fourth-order valence-corrected chi connectivity index (χ4v) is 3.22. The lowest BCUT2D eigenvalue weighted by Crippen LogP contribution is -2.05. The van der Waals surface area contributed by atoms with Gasteiger partial charge < -0.3 is 11.1 Å². The number of H-pyrrole nitrogens is 1. The Bertz CT molecular complexity index is 1100. The van der Waals surface area contributed by atoms with Gasteiger partial charge in [0.1, 0.15) is 5.69 Å². The lowest BCUT2D eigenvalue weighted by atomic mass is 10.1. The van der Waals surface area contributed by atoms with Gasteiger partial charge in [-0.2, -0.15) is 5.10 Å². The molecule has 0 aliphatic heterocycles. The first-order valence-electron chi connectivity index (χ1n) is 9.38. The Kier molecular flexibility index (Phi) is 4.01. The van der Waals surface area contributed by atoms with E-state index in [1.54, 1.807) is 0 Å². The maximum atomic E-state index is 6.46. The molecular formula is C22H20N6. The van der Waals surface area contributed by atoms with Crippen LogP contribution in [0, 0.1) is 0 Å². The van der Waals surface area contributed by atoms with Crippen molar-refractivity contribution < 1.29 is 0 Å². The summed E-state index contributed by atoms with van der Waals surface area (Å²) in [4.78, 5) is 9.45. The summed E-state index contributed by atoms with van der Waals surface area (Å²) in [5.41, 5.74) is 10.7. The number of anilines is 3. The van der Waals surface area contributed by atoms with Crippen LogP contribution in [-0.2, 0) is 0 Å². The second-order valence-electron chi connectivity index (χ2n) is 7.00. The number of benzene rings is 2. The van der Waals surface area contributed by atoms with E-state index in [0.717, 1.165) is 16.8 Å². The second-order valence-corrected chi connectivity index (χ2v) is 7.00. The van der Waals surface area contributed by atoms with E-state index < -0.39 is 0 Å². The monoisotopic (exact) mass is 368 g/mol. The van der Waals surface area contributed by atoms with E-state index in [0.29, 0.717) is 34.8 Å². The van der Waals surface area contributed by atoms with Crippen molar-refractivity contribution in [2.75, 3.05) is 11.1 Å². The Morgan fingerprint density at radius 1 is 0.893 bits per heavy atom. The van der Waals surface area contributed by atoms with Crippen LogP contribution < -0.4 is 11.1 Å². The molecule has 0 unspecified atom stereocenters. The zero-order valence-electron chi connectivity index (χ0n) is 15.3. The number of nitrogen functional groups attached to an aromatic ring is 1. The lowest BCUT2D eigenvalue weighted by molar-refractivity contribution is 0.966. The Balaban J connectivity index is 1.60. The molecule has 0 saturated heterocycles. The first-order valence-corrected chi connectivity index (χ1v) is 9.38. The third-order valence-electron chi connectivity index (χ3n) is 4.89. The van der Waals surface area contributed by atoms with Crippen molar-refractivity contribution in [2.45, 2.75) is 18.8 Å². The summed E-state index contributed by atoms with van der Waals surface area (Å²) in [5.74, 6) is 2.49. The number of hydrogen-bond donors (Lipinski definition) is 3. The summed E-state index contributed by atoms with van der Waals surface area (Å²) >= 11 is 0. The van der Waals surface area contributed by atoms with Crippen LogP contribution in [0.25, 0.3) is 22.6 Å². The SMILES string of the molecule is Nc1c(Nc2cc(C3CC3)[nH]n2)nc(-c2ccccc2)nc1-c1ccccc1. The fourth-order valence-electron chi connectivity index (χ4n) is 3.22. The van der Waals surface area contributed by atoms with Gasteiger partial charge in [-0.05, 0) is 12.8 Å².